The zero-order chi connectivity index (χ0) is 23.7. The van der Waals surface area contributed by atoms with Gasteiger partial charge in [-0.15, -0.1) is 0 Å². The zero-order valence-corrected chi connectivity index (χ0v) is 18.1. The molecule has 174 valence electrons. The number of anilines is 1. The van der Waals surface area contributed by atoms with Gasteiger partial charge in [-0.25, -0.2) is 27.5 Å². The van der Waals surface area contributed by atoms with Gasteiger partial charge in [-0.2, -0.15) is 5.10 Å². The number of piperidine rings is 1. The first-order valence-electron chi connectivity index (χ1n) is 10.4. The maximum Gasteiger partial charge on any atom is 0.223 e. The summed E-state index contributed by atoms with van der Waals surface area (Å²) in [4.78, 5) is 22.7. The summed E-state index contributed by atoms with van der Waals surface area (Å²) in [6, 6.07) is 1.30. The molecule has 0 spiro atoms. The van der Waals surface area contributed by atoms with Gasteiger partial charge in [0.25, 0.3) is 0 Å². The van der Waals surface area contributed by atoms with Gasteiger partial charge in [0.05, 0.1) is 12.4 Å². The van der Waals surface area contributed by atoms with Crippen LogP contribution in [0.4, 0.5) is 23.4 Å². The fourth-order valence-electron chi connectivity index (χ4n) is 3.98. The molecule has 0 radical (unpaired) electrons. The third-order valence-corrected chi connectivity index (χ3v) is 5.75. The largest absolute Gasteiger partial charge is 0.354 e. The third kappa shape index (κ3) is 4.67. The fraction of sp³-hybridized carbons (Fsp3) is 0.364. The molecule has 0 atom stereocenters. The van der Waals surface area contributed by atoms with Gasteiger partial charge in [0.15, 0.2) is 29.1 Å². The summed E-state index contributed by atoms with van der Waals surface area (Å²) in [7, 11) is 1.75. The molecule has 0 aliphatic carbocycles. The van der Waals surface area contributed by atoms with Gasteiger partial charge in [0.2, 0.25) is 5.91 Å². The van der Waals surface area contributed by atoms with Crippen molar-refractivity contribution in [2.75, 3.05) is 18.0 Å². The van der Waals surface area contributed by atoms with Gasteiger partial charge in [0.1, 0.15) is 11.5 Å². The van der Waals surface area contributed by atoms with Crippen molar-refractivity contribution in [3.63, 3.8) is 0 Å². The number of benzene rings is 1. The highest BCUT2D eigenvalue weighted by molar-refractivity contribution is 5.79. The highest BCUT2D eigenvalue weighted by Crippen LogP contribution is 2.27. The second-order valence-electron chi connectivity index (χ2n) is 8.00. The number of carbonyl (C=O) groups excluding carboxylic acids is 1. The molecule has 33 heavy (non-hydrogen) atoms. The van der Waals surface area contributed by atoms with Gasteiger partial charge in [-0.1, -0.05) is 0 Å². The molecule has 3 heterocycles. The molecule has 1 aliphatic heterocycles. The van der Waals surface area contributed by atoms with Crippen LogP contribution in [0, 0.1) is 36.1 Å². The van der Waals surface area contributed by atoms with Crippen LogP contribution >= 0.6 is 0 Å². The summed E-state index contributed by atoms with van der Waals surface area (Å²) in [6.07, 6.45) is 3.62. The lowest BCUT2D eigenvalue weighted by Gasteiger charge is -2.32. The van der Waals surface area contributed by atoms with Gasteiger partial charge < -0.3 is 10.2 Å². The van der Waals surface area contributed by atoms with E-state index >= 15 is 0 Å². The number of aryl methyl sites for hydroxylation is 2. The minimum absolute atomic E-state index is 0.150. The van der Waals surface area contributed by atoms with Gasteiger partial charge in [-0.05, 0) is 31.4 Å². The van der Waals surface area contributed by atoms with Crippen molar-refractivity contribution >= 4 is 11.7 Å². The normalized spacial score (nSPS) is 14.5. The topological polar surface area (TPSA) is 75.9 Å². The molecular formula is C22H22F4N6O. The van der Waals surface area contributed by atoms with E-state index in [2.05, 4.69) is 20.4 Å². The van der Waals surface area contributed by atoms with Crippen LogP contribution in [0.3, 0.4) is 0 Å². The van der Waals surface area contributed by atoms with Crippen molar-refractivity contribution < 1.29 is 22.4 Å². The Kier molecular flexibility index (Phi) is 6.30. The van der Waals surface area contributed by atoms with Crippen LogP contribution in [0.5, 0.6) is 0 Å². The highest BCUT2D eigenvalue weighted by atomic mass is 19.2. The highest BCUT2D eigenvalue weighted by Gasteiger charge is 2.28. The van der Waals surface area contributed by atoms with Crippen molar-refractivity contribution in [1.82, 2.24) is 25.1 Å². The van der Waals surface area contributed by atoms with Gasteiger partial charge >= 0.3 is 0 Å². The fourth-order valence-corrected chi connectivity index (χ4v) is 3.98. The zero-order valence-electron chi connectivity index (χ0n) is 18.1. The Morgan fingerprint density at radius 3 is 2.52 bits per heavy atom. The summed E-state index contributed by atoms with van der Waals surface area (Å²) in [6.45, 7) is 2.29. The Labute approximate surface area is 187 Å². The number of hydrogen-bond acceptors (Lipinski definition) is 5. The molecule has 2 aromatic heterocycles. The van der Waals surface area contributed by atoms with E-state index in [1.807, 2.05) is 6.92 Å². The molecule has 0 unspecified atom stereocenters. The van der Waals surface area contributed by atoms with E-state index in [9.17, 15) is 22.4 Å². The monoisotopic (exact) mass is 462 g/mol. The van der Waals surface area contributed by atoms with E-state index in [0.717, 1.165) is 17.8 Å². The summed E-state index contributed by atoms with van der Waals surface area (Å²) in [5.41, 5.74) is 1.28. The van der Waals surface area contributed by atoms with E-state index in [0.29, 0.717) is 43.5 Å². The van der Waals surface area contributed by atoms with Gasteiger partial charge in [0, 0.05) is 44.2 Å². The quantitative estimate of drug-likeness (QED) is 0.465. The second kappa shape index (κ2) is 9.16. The molecule has 1 fully saturated rings. The predicted molar refractivity (Wildman–Crippen MR) is 112 cm³/mol. The number of hydrogen-bond donors (Lipinski definition) is 1. The van der Waals surface area contributed by atoms with Crippen molar-refractivity contribution in [1.29, 1.82) is 0 Å². The first-order chi connectivity index (χ1) is 15.7. The lowest BCUT2D eigenvalue weighted by molar-refractivity contribution is -0.125. The minimum atomic E-state index is -1.31. The Bertz CT molecular complexity index is 1170. The Balaban J connectivity index is 1.40. The third-order valence-electron chi connectivity index (χ3n) is 5.75. The van der Waals surface area contributed by atoms with E-state index in [1.54, 1.807) is 22.8 Å². The number of rotatable bonds is 5. The van der Waals surface area contributed by atoms with E-state index < -0.39 is 29.2 Å². The first kappa shape index (κ1) is 22.7. The number of carbonyl (C=O) groups is 1. The molecule has 11 heteroatoms. The van der Waals surface area contributed by atoms with Crippen LogP contribution in [0.2, 0.25) is 0 Å². The molecule has 1 N–H and O–H groups in total. The molecule has 1 aliphatic rings. The molecule has 4 rings (SSSR count). The van der Waals surface area contributed by atoms with Crippen LogP contribution in [0.15, 0.2) is 24.5 Å². The van der Waals surface area contributed by atoms with Crippen LogP contribution < -0.4 is 10.2 Å². The number of nitrogens with one attached hydrogen (secondary N) is 1. The van der Waals surface area contributed by atoms with E-state index in [-0.39, 0.29) is 23.8 Å². The SMILES string of the molecule is Cc1cnn(C)c1-c1ncc(F)c(N2CCC(C(=O)NCc3cc(F)cc(F)c3F)CC2)n1. The molecule has 1 saturated heterocycles. The van der Waals surface area contributed by atoms with E-state index in [1.165, 1.54) is 0 Å². The Morgan fingerprint density at radius 1 is 1.12 bits per heavy atom. The molecular weight excluding hydrogens is 440 g/mol. The molecule has 0 bridgehead atoms. The van der Waals surface area contributed by atoms with Gasteiger partial charge in [-0.3, -0.25) is 9.48 Å². The molecule has 3 aromatic rings. The van der Waals surface area contributed by atoms with E-state index in [4.69, 9.17) is 0 Å². The average molecular weight is 462 g/mol. The molecule has 1 aromatic carbocycles. The maximum atomic E-state index is 14.5. The molecule has 1 amide bonds. The molecule has 0 saturated carbocycles. The summed E-state index contributed by atoms with van der Waals surface area (Å²) < 4.78 is 56.6. The van der Waals surface area contributed by atoms with Crippen molar-refractivity contribution in [2.24, 2.45) is 13.0 Å². The minimum Gasteiger partial charge on any atom is -0.354 e. The Morgan fingerprint density at radius 2 is 1.85 bits per heavy atom. The summed E-state index contributed by atoms with van der Waals surface area (Å²) in [5.74, 6) is -4.22. The molecule has 7 nitrogen and oxygen atoms in total. The Hall–Kier alpha value is -3.50. The summed E-state index contributed by atoms with van der Waals surface area (Å²) in [5, 5.41) is 6.69. The number of amides is 1. The lowest BCUT2D eigenvalue weighted by Crippen LogP contribution is -2.41. The first-order valence-corrected chi connectivity index (χ1v) is 10.4. The van der Waals surface area contributed by atoms with Crippen LogP contribution in [0.25, 0.3) is 11.5 Å². The van der Waals surface area contributed by atoms with Crippen molar-refractivity contribution in [3.05, 3.63) is 58.9 Å². The van der Waals surface area contributed by atoms with Crippen molar-refractivity contribution in [3.8, 4) is 11.5 Å². The van der Waals surface area contributed by atoms with Crippen LogP contribution in [-0.2, 0) is 18.4 Å². The smallest absolute Gasteiger partial charge is 0.223 e. The average Bonchev–Trinajstić information content (AvgIpc) is 3.13. The number of nitrogens with zero attached hydrogens (tertiary/aromatic N) is 5. The summed E-state index contributed by atoms with van der Waals surface area (Å²) >= 11 is 0. The van der Waals surface area contributed by atoms with Crippen LogP contribution in [-0.4, -0.2) is 38.7 Å². The number of aromatic nitrogens is 4. The lowest BCUT2D eigenvalue weighted by atomic mass is 9.95. The number of halogens is 4. The van der Waals surface area contributed by atoms with Crippen molar-refractivity contribution in [2.45, 2.75) is 26.3 Å². The second-order valence-corrected chi connectivity index (χ2v) is 8.00. The standard InChI is InChI=1S/C22H22F4N6O/c1-12-9-29-31(2)19(12)20-27-11-17(25)21(30-20)32-5-3-13(4-6-32)22(33)28-10-14-7-15(23)8-16(24)18(14)26/h7-9,11,13H,3-6,10H2,1-2H3,(H,28,33). The maximum absolute atomic E-state index is 14.5. The predicted octanol–water partition coefficient (Wildman–Crippen LogP) is 3.27. The van der Waals surface area contributed by atoms with Crippen LogP contribution in [0.1, 0.15) is 24.0 Å².